The van der Waals surface area contributed by atoms with Crippen LogP contribution in [0.3, 0.4) is 0 Å². The van der Waals surface area contributed by atoms with Crippen LogP contribution < -0.4 is 16.0 Å². The fourth-order valence-electron chi connectivity index (χ4n) is 5.29. The molecule has 1 aliphatic carbocycles. The van der Waals surface area contributed by atoms with Crippen molar-refractivity contribution in [3.8, 4) is 33.7 Å². The third-order valence-corrected chi connectivity index (χ3v) is 7.06. The van der Waals surface area contributed by atoms with E-state index in [4.69, 9.17) is 15.6 Å². The highest BCUT2D eigenvalue weighted by atomic mass is 19.1. The molecule has 0 spiro atoms. The number of halogens is 1. The molecule has 1 amide bonds. The standard InChI is InChI=1S/C30H23FN4O4/c1-16-20(3-2-4-26(16)35-15-34-25-8-5-18(31)13-22(25)30(35)38)24-14-33-28(29(32)37)23-12-17-11-19(39-10-9-36)6-7-21(17)27(23)24/h2-8,11,13-15,36H,9-10,12H2,1H3,(H2,32,37). The number of hydrogen-bond donors (Lipinski definition) is 2. The molecule has 8 nitrogen and oxygen atoms in total. The molecule has 3 N–H and O–H groups in total. The van der Waals surface area contributed by atoms with Crippen LogP contribution in [-0.2, 0) is 6.42 Å². The lowest BCUT2D eigenvalue weighted by atomic mass is 9.92. The summed E-state index contributed by atoms with van der Waals surface area (Å²) in [5.41, 5.74) is 12.3. The number of nitrogens with two attached hydrogens (primary N) is 1. The van der Waals surface area contributed by atoms with Crippen molar-refractivity contribution in [3.63, 3.8) is 0 Å². The Hall–Kier alpha value is -4.89. The summed E-state index contributed by atoms with van der Waals surface area (Å²) < 4.78 is 20.9. The van der Waals surface area contributed by atoms with Gasteiger partial charge in [0.05, 0.1) is 23.2 Å². The van der Waals surface area contributed by atoms with Gasteiger partial charge in [-0.2, -0.15) is 0 Å². The van der Waals surface area contributed by atoms with Crippen molar-refractivity contribution < 1.29 is 19.0 Å². The highest BCUT2D eigenvalue weighted by molar-refractivity contribution is 6.00. The Labute approximate surface area is 222 Å². The van der Waals surface area contributed by atoms with Crippen LogP contribution >= 0.6 is 0 Å². The topological polar surface area (TPSA) is 120 Å². The highest BCUT2D eigenvalue weighted by Crippen LogP contribution is 2.45. The number of aliphatic hydroxyl groups is 1. The van der Waals surface area contributed by atoms with Crippen molar-refractivity contribution in [3.05, 3.63) is 106 Å². The third-order valence-electron chi connectivity index (χ3n) is 7.06. The summed E-state index contributed by atoms with van der Waals surface area (Å²) in [6.07, 6.45) is 3.52. The average Bonchev–Trinajstić information content (AvgIpc) is 3.31. The van der Waals surface area contributed by atoms with Crippen LogP contribution in [0, 0.1) is 12.7 Å². The maximum absolute atomic E-state index is 13.9. The summed E-state index contributed by atoms with van der Waals surface area (Å²) in [5, 5.41) is 9.29. The predicted molar refractivity (Wildman–Crippen MR) is 145 cm³/mol. The van der Waals surface area contributed by atoms with Gasteiger partial charge in [-0.3, -0.25) is 19.1 Å². The molecular formula is C30H23FN4O4. The van der Waals surface area contributed by atoms with Gasteiger partial charge >= 0.3 is 0 Å². The summed E-state index contributed by atoms with van der Waals surface area (Å²) in [7, 11) is 0. The van der Waals surface area contributed by atoms with Crippen LogP contribution in [0.5, 0.6) is 5.75 Å². The number of carbonyl (C=O) groups is 1. The summed E-state index contributed by atoms with van der Waals surface area (Å²) in [6, 6.07) is 15.1. The smallest absolute Gasteiger partial charge is 0.267 e. The number of benzene rings is 3. The quantitative estimate of drug-likeness (QED) is 0.342. The van der Waals surface area contributed by atoms with Gasteiger partial charge in [0.25, 0.3) is 11.5 Å². The lowest BCUT2D eigenvalue weighted by Gasteiger charge is -2.17. The SMILES string of the molecule is Cc1c(-c2cnc(C(N)=O)c3c2-c2ccc(OCCO)cc2C3)cccc1-n1cnc2ccc(F)cc2c1=O. The number of amides is 1. The van der Waals surface area contributed by atoms with E-state index < -0.39 is 11.7 Å². The molecule has 0 aliphatic heterocycles. The van der Waals surface area contributed by atoms with Crippen molar-refractivity contribution in [2.24, 2.45) is 5.73 Å². The molecule has 9 heteroatoms. The molecular weight excluding hydrogens is 499 g/mol. The first-order chi connectivity index (χ1) is 18.9. The largest absolute Gasteiger partial charge is 0.491 e. The van der Waals surface area contributed by atoms with Crippen molar-refractivity contribution >= 4 is 16.8 Å². The van der Waals surface area contributed by atoms with Crippen LogP contribution in [0.25, 0.3) is 38.8 Å². The Balaban J connectivity index is 1.54. The molecule has 39 heavy (non-hydrogen) atoms. The van der Waals surface area contributed by atoms with Crippen LogP contribution in [0.4, 0.5) is 4.39 Å². The number of pyridine rings is 1. The van der Waals surface area contributed by atoms with Gasteiger partial charge in [0.15, 0.2) is 0 Å². The van der Waals surface area contributed by atoms with E-state index in [9.17, 15) is 14.0 Å². The van der Waals surface area contributed by atoms with Gasteiger partial charge < -0.3 is 15.6 Å². The van der Waals surface area contributed by atoms with E-state index in [0.29, 0.717) is 23.4 Å². The number of ether oxygens (including phenoxy) is 1. The Morgan fingerprint density at radius 1 is 1.10 bits per heavy atom. The summed E-state index contributed by atoms with van der Waals surface area (Å²) >= 11 is 0. The number of nitrogens with zero attached hydrogens (tertiary/aromatic N) is 3. The van der Waals surface area contributed by atoms with E-state index in [0.717, 1.165) is 38.9 Å². The van der Waals surface area contributed by atoms with Crippen LogP contribution in [0.1, 0.15) is 27.2 Å². The van der Waals surface area contributed by atoms with Crippen molar-refractivity contribution in [2.45, 2.75) is 13.3 Å². The molecule has 2 heterocycles. The van der Waals surface area contributed by atoms with Gasteiger partial charge in [0.2, 0.25) is 0 Å². The number of primary amides is 1. The number of rotatable bonds is 6. The number of carbonyl (C=O) groups excluding carboxylic acids is 1. The zero-order valence-corrected chi connectivity index (χ0v) is 20.9. The zero-order chi connectivity index (χ0) is 27.3. The highest BCUT2D eigenvalue weighted by Gasteiger charge is 2.29. The first-order valence-electron chi connectivity index (χ1n) is 12.3. The van der Waals surface area contributed by atoms with Crippen LogP contribution in [-0.4, -0.2) is 38.8 Å². The second kappa shape index (κ2) is 9.45. The molecule has 0 bridgehead atoms. The van der Waals surface area contributed by atoms with Gasteiger partial charge in [0, 0.05) is 18.2 Å². The molecule has 3 aromatic carbocycles. The molecule has 0 unspecified atom stereocenters. The molecule has 0 saturated carbocycles. The average molecular weight is 523 g/mol. The van der Waals surface area contributed by atoms with E-state index in [-0.39, 0.29) is 29.9 Å². The Morgan fingerprint density at radius 2 is 1.95 bits per heavy atom. The monoisotopic (exact) mass is 522 g/mol. The maximum atomic E-state index is 13.9. The molecule has 0 saturated heterocycles. The van der Waals surface area contributed by atoms with Crippen molar-refractivity contribution in [2.75, 3.05) is 13.2 Å². The molecule has 0 radical (unpaired) electrons. The molecule has 0 fully saturated rings. The first-order valence-corrected chi connectivity index (χ1v) is 12.3. The minimum atomic E-state index is -0.617. The third kappa shape index (κ3) is 4.04. The number of aromatic nitrogens is 3. The maximum Gasteiger partial charge on any atom is 0.267 e. The normalized spacial score (nSPS) is 11.9. The van der Waals surface area contributed by atoms with Crippen molar-refractivity contribution in [1.82, 2.24) is 14.5 Å². The number of hydrogen-bond acceptors (Lipinski definition) is 6. The Bertz CT molecular complexity index is 1870. The zero-order valence-electron chi connectivity index (χ0n) is 20.9. The van der Waals surface area contributed by atoms with Crippen LogP contribution in [0.15, 0.2) is 71.9 Å². The second-order valence-electron chi connectivity index (χ2n) is 9.34. The molecule has 2 aromatic heterocycles. The van der Waals surface area contributed by atoms with E-state index in [1.54, 1.807) is 12.3 Å². The fourth-order valence-corrected chi connectivity index (χ4v) is 5.29. The van der Waals surface area contributed by atoms with Gasteiger partial charge in [-0.1, -0.05) is 18.2 Å². The molecule has 1 aliphatic rings. The van der Waals surface area contributed by atoms with Gasteiger partial charge in [0.1, 0.15) is 30.2 Å². The summed E-state index contributed by atoms with van der Waals surface area (Å²) in [5.74, 6) is -0.512. The van der Waals surface area contributed by atoms with Gasteiger partial charge in [-0.05, 0) is 76.7 Å². The summed E-state index contributed by atoms with van der Waals surface area (Å²) in [4.78, 5) is 34.4. The summed E-state index contributed by atoms with van der Waals surface area (Å²) in [6.45, 7) is 1.97. The van der Waals surface area contributed by atoms with E-state index in [1.807, 2.05) is 37.3 Å². The number of fused-ring (bicyclic) bond motifs is 4. The predicted octanol–water partition coefficient (Wildman–Crippen LogP) is 3.94. The van der Waals surface area contributed by atoms with E-state index in [1.165, 1.54) is 29.1 Å². The Kier molecular flexibility index (Phi) is 5.92. The van der Waals surface area contributed by atoms with E-state index >= 15 is 0 Å². The van der Waals surface area contributed by atoms with Crippen molar-refractivity contribution in [1.29, 1.82) is 0 Å². The number of aliphatic hydroxyl groups excluding tert-OH is 1. The van der Waals surface area contributed by atoms with Crippen LogP contribution in [0.2, 0.25) is 0 Å². The molecule has 0 atom stereocenters. The van der Waals surface area contributed by atoms with Gasteiger partial charge in [-0.25, -0.2) is 9.37 Å². The lowest BCUT2D eigenvalue weighted by molar-refractivity contribution is 0.0995. The Morgan fingerprint density at radius 3 is 2.74 bits per heavy atom. The van der Waals surface area contributed by atoms with E-state index in [2.05, 4.69) is 9.97 Å². The first kappa shape index (κ1) is 24.4. The molecule has 194 valence electrons. The molecule has 5 aromatic rings. The molecule has 6 rings (SSSR count). The second-order valence-corrected chi connectivity index (χ2v) is 9.34. The van der Waals surface area contributed by atoms with Gasteiger partial charge in [-0.15, -0.1) is 0 Å². The minimum Gasteiger partial charge on any atom is -0.491 e. The lowest BCUT2D eigenvalue weighted by Crippen LogP contribution is -2.20. The minimum absolute atomic E-state index is 0.0996. The fraction of sp³-hybridized carbons (Fsp3) is 0.133.